The maximum Gasteiger partial charge on any atom is 0.276 e. The number of anilines is 2. The van der Waals surface area contributed by atoms with Gasteiger partial charge in [-0.15, -0.1) is 0 Å². The highest BCUT2D eigenvalue weighted by Crippen LogP contribution is 2.30. The molecule has 126 valence electrons. The summed E-state index contributed by atoms with van der Waals surface area (Å²) in [5.74, 6) is 0.549. The van der Waals surface area contributed by atoms with E-state index in [0.717, 1.165) is 28.5 Å². The third-order valence-corrected chi connectivity index (χ3v) is 4.21. The molecule has 0 unspecified atom stereocenters. The Balaban J connectivity index is 1.59. The number of aromatic nitrogens is 2. The van der Waals surface area contributed by atoms with Crippen molar-refractivity contribution >= 4 is 17.3 Å². The van der Waals surface area contributed by atoms with Gasteiger partial charge in [-0.2, -0.15) is 0 Å². The van der Waals surface area contributed by atoms with E-state index in [0.29, 0.717) is 12.3 Å². The van der Waals surface area contributed by atoms with Crippen LogP contribution in [0.1, 0.15) is 16.2 Å². The molecule has 1 aromatic heterocycles. The van der Waals surface area contributed by atoms with Gasteiger partial charge in [-0.3, -0.25) is 9.36 Å². The monoisotopic (exact) mass is 334 g/mol. The molecule has 1 amide bonds. The quantitative estimate of drug-likeness (QED) is 0.800. The Morgan fingerprint density at radius 3 is 2.68 bits per heavy atom. The van der Waals surface area contributed by atoms with Crippen molar-refractivity contribution in [2.75, 3.05) is 24.3 Å². The predicted molar refractivity (Wildman–Crippen MR) is 96.6 cm³/mol. The van der Waals surface area contributed by atoms with Crippen molar-refractivity contribution in [2.45, 2.75) is 6.61 Å². The molecule has 1 aliphatic rings. The molecule has 4 rings (SSSR count). The number of ether oxygens (including phenoxy) is 1. The lowest BCUT2D eigenvalue weighted by Gasteiger charge is -2.20. The topological polar surface area (TPSA) is 59.4 Å². The Kier molecular flexibility index (Phi) is 3.65. The van der Waals surface area contributed by atoms with Gasteiger partial charge in [-0.1, -0.05) is 12.1 Å². The smallest absolute Gasteiger partial charge is 0.276 e. The summed E-state index contributed by atoms with van der Waals surface area (Å²) in [6.45, 7) is 0.319. The number of rotatable bonds is 3. The van der Waals surface area contributed by atoms with E-state index < -0.39 is 0 Å². The van der Waals surface area contributed by atoms with Crippen LogP contribution in [0.15, 0.2) is 54.9 Å². The fourth-order valence-electron chi connectivity index (χ4n) is 2.87. The van der Waals surface area contributed by atoms with Gasteiger partial charge in [0, 0.05) is 25.5 Å². The highest BCUT2D eigenvalue weighted by atomic mass is 16.5. The number of carbonyl (C=O) groups excluding carboxylic acids is 1. The van der Waals surface area contributed by atoms with Gasteiger partial charge in [0.15, 0.2) is 5.69 Å². The molecular formula is C19H18N4O2. The first kappa shape index (κ1) is 15.3. The SMILES string of the molecule is CN(C)c1ccc(NC(=O)c2ncn3c2COc2ccccc2-3)cc1. The molecule has 6 nitrogen and oxygen atoms in total. The molecule has 0 aliphatic carbocycles. The van der Waals surface area contributed by atoms with Gasteiger partial charge in [0.1, 0.15) is 18.7 Å². The molecule has 25 heavy (non-hydrogen) atoms. The lowest BCUT2D eigenvalue weighted by molar-refractivity contribution is 0.101. The largest absolute Gasteiger partial charge is 0.485 e. The Morgan fingerprint density at radius 2 is 1.92 bits per heavy atom. The van der Waals surface area contributed by atoms with Crippen LogP contribution in [0.2, 0.25) is 0 Å². The van der Waals surface area contributed by atoms with E-state index in [-0.39, 0.29) is 5.91 Å². The number of carbonyl (C=O) groups is 1. The van der Waals surface area contributed by atoms with E-state index in [2.05, 4.69) is 10.3 Å². The molecule has 1 aliphatic heterocycles. The average molecular weight is 334 g/mol. The van der Waals surface area contributed by atoms with Gasteiger partial charge in [0.25, 0.3) is 5.91 Å². The lowest BCUT2D eigenvalue weighted by Crippen LogP contribution is -2.19. The maximum absolute atomic E-state index is 12.6. The van der Waals surface area contributed by atoms with Crippen molar-refractivity contribution in [1.82, 2.24) is 9.55 Å². The first-order chi connectivity index (χ1) is 12.1. The number of benzene rings is 2. The van der Waals surface area contributed by atoms with Crippen LogP contribution in [0.5, 0.6) is 5.75 Å². The summed E-state index contributed by atoms with van der Waals surface area (Å²) >= 11 is 0. The summed E-state index contributed by atoms with van der Waals surface area (Å²) in [5, 5.41) is 2.90. The number of fused-ring (bicyclic) bond motifs is 3. The molecule has 0 saturated carbocycles. The zero-order valence-electron chi connectivity index (χ0n) is 14.1. The van der Waals surface area contributed by atoms with Crippen molar-refractivity contribution in [3.63, 3.8) is 0 Å². The summed E-state index contributed by atoms with van der Waals surface area (Å²) in [4.78, 5) is 18.9. The molecule has 1 N–H and O–H groups in total. The van der Waals surface area contributed by atoms with Gasteiger partial charge in [0.05, 0.1) is 11.4 Å². The summed E-state index contributed by atoms with van der Waals surface area (Å²) in [6.07, 6.45) is 1.67. The van der Waals surface area contributed by atoms with Gasteiger partial charge in [0.2, 0.25) is 0 Å². The Morgan fingerprint density at radius 1 is 1.16 bits per heavy atom. The zero-order valence-corrected chi connectivity index (χ0v) is 14.1. The highest BCUT2D eigenvalue weighted by molar-refractivity contribution is 6.03. The average Bonchev–Trinajstić information content (AvgIpc) is 3.07. The fraction of sp³-hybridized carbons (Fsp3) is 0.158. The Labute approximate surface area is 145 Å². The third kappa shape index (κ3) is 2.71. The molecule has 2 aromatic carbocycles. The normalized spacial score (nSPS) is 11.9. The van der Waals surface area contributed by atoms with Crippen LogP contribution in [0.4, 0.5) is 11.4 Å². The molecule has 2 heterocycles. The van der Waals surface area contributed by atoms with E-state index in [9.17, 15) is 4.79 Å². The van der Waals surface area contributed by atoms with Crippen LogP contribution >= 0.6 is 0 Å². The number of hydrogen-bond donors (Lipinski definition) is 1. The van der Waals surface area contributed by atoms with Crippen molar-refractivity contribution in [2.24, 2.45) is 0 Å². The van der Waals surface area contributed by atoms with Gasteiger partial charge < -0.3 is 15.0 Å². The van der Waals surface area contributed by atoms with E-state index in [1.165, 1.54) is 0 Å². The first-order valence-corrected chi connectivity index (χ1v) is 8.00. The van der Waals surface area contributed by atoms with E-state index in [4.69, 9.17) is 4.74 Å². The second-order valence-corrected chi connectivity index (χ2v) is 6.06. The Hall–Kier alpha value is -3.28. The lowest BCUT2D eigenvalue weighted by atomic mass is 10.2. The standard InChI is InChI=1S/C19H18N4O2/c1-22(2)14-9-7-13(8-10-14)21-19(24)18-16-11-25-17-6-4-3-5-15(17)23(16)12-20-18/h3-10,12H,11H2,1-2H3,(H,21,24). The van der Waals surface area contributed by atoms with Crippen molar-refractivity contribution in [3.05, 3.63) is 66.2 Å². The van der Waals surface area contributed by atoms with E-state index in [1.807, 2.05) is 72.1 Å². The third-order valence-electron chi connectivity index (χ3n) is 4.21. The second kappa shape index (κ2) is 5.98. The number of nitrogens with zero attached hydrogens (tertiary/aromatic N) is 3. The van der Waals surface area contributed by atoms with Crippen LogP contribution < -0.4 is 15.0 Å². The number of hydrogen-bond acceptors (Lipinski definition) is 4. The number of imidazole rings is 1. The van der Waals surface area contributed by atoms with Crippen molar-refractivity contribution < 1.29 is 9.53 Å². The number of nitrogens with one attached hydrogen (secondary N) is 1. The molecule has 0 fully saturated rings. The second-order valence-electron chi connectivity index (χ2n) is 6.06. The van der Waals surface area contributed by atoms with Gasteiger partial charge in [-0.05, 0) is 36.4 Å². The molecule has 0 radical (unpaired) electrons. The van der Waals surface area contributed by atoms with Gasteiger partial charge in [-0.25, -0.2) is 4.98 Å². The molecule has 0 spiro atoms. The highest BCUT2D eigenvalue weighted by Gasteiger charge is 2.24. The number of para-hydroxylation sites is 2. The minimum atomic E-state index is -0.241. The number of amides is 1. The van der Waals surface area contributed by atoms with Crippen LogP contribution in [-0.4, -0.2) is 29.6 Å². The molecule has 0 saturated heterocycles. The van der Waals surface area contributed by atoms with Crippen LogP contribution in [0, 0.1) is 0 Å². The summed E-state index contributed by atoms with van der Waals surface area (Å²) in [5.41, 5.74) is 3.83. The molecule has 0 bridgehead atoms. The zero-order chi connectivity index (χ0) is 17.4. The predicted octanol–water partition coefficient (Wildman–Crippen LogP) is 3.08. The van der Waals surface area contributed by atoms with Crippen LogP contribution in [0.3, 0.4) is 0 Å². The van der Waals surface area contributed by atoms with E-state index in [1.54, 1.807) is 6.33 Å². The van der Waals surface area contributed by atoms with Crippen molar-refractivity contribution in [1.29, 1.82) is 0 Å². The molecule has 0 atom stereocenters. The maximum atomic E-state index is 12.6. The van der Waals surface area contributed by atoms with Crippen LogP contribution in [-0.2, 0) is 6.61 Å². The van der Waals surface area contributed by atoms with Gasteiger partial charge >= 0.3 is 0 Å². The minimum absolute atomic E-state index is 0.241. The summed E-state index contributed by atoms with van der Waals surface area (Å²) < 4.78 is 7.65. The van der Waals surface area contributed by atoms with Crippen molar-refractivity contribution in [3.8, 4) is 11.4 Å². The fourth-order valence-corrected chi connectivity index (χ4v) is 2.87. The summed E-state index contributed by atoms with van der Waals surface area (Å²) in [6, 6.07) is 15.4. The minimum Gasteiger partial charge on any atom is -0.485 e. The molecule has 6 heteroatoms. The first-order valence-electron chi connectivity index (χ1n) is 8.00. The van der Waals surface area contributed by atoms with E-state index >= 15 is 0 Å². The van der Waals surface area contributed by atoms with Crippen LogP contribution in [0.25, 0.3) is 5.69 Å². The summed E-state index contributed by atoms with van der Waals surface area (Å²) in [7, 11) is 3.95. The molecule has 3 aromatic rings. The molecular weight excluding hydrogens is 316 g/mol. The Bertz CT molecular complexity index is 929.